The third kappa shape index (κ3) is 6.01. The highest BCUT2D eigenvalue weighted by Crippen LogP contribution is 2.41. The van der Waals surface area contributed by atoms with Gasteiger partial charge < -0.3 is 29.8 Å². The van der Waals surface area contributed by atoms with E-state index in [1.165, 1.54) is 0 Å². The molecule has 2 aromatic carbocycles. The molecule has 0 radical (unpaired) electrons. The fraction of sp³-hybridized carbons (Fsp3) is 0.433. The Balaban J connectivity index is 1.46. The first kappa shape index (κ1) is 27.0. The van der Waals surface area contributed by atoms with Gasteiger partial charge in [-0.1, -0.05) is 11.8 Å². The maximum Gasteiger partial charge on any atom is 0.224 e. The Kier molecular flexibility index (Phi) is 8.00. The average Bonchev–Trinajstić information content (AvgIpc) is 3.63. The van der Waals surface area contributed by atoms with Crippen LogP contribution < -0.4 is 10.1 Å². The summed E-state index contributed by atoms with van der Waals surface area (Å²) >= 11 is 2.18. The number of hydrogen-bond acceptors (Lipinski definition) is 6. The van der Waals surface area contributed by atoms with Gasteiger partial charge in [0.1, 0.15) is 28.3 Å². The summed E-state index contributed by atoms with van der Waals surface area (Å²) < 4.78 is 13.1. The van der Waals surface area contributed by atoms with E-state index in [4.69, 9.17) is 14.3 Å². The minimum Gasteiger partial charge on any atom is -0.458 e. The monoisotopic (exact) mass is 629 g/mol. The number of carbonyl (C=O) groups is 1. The molecule has 0 bridgehead atoms. The Labute approximate surface area is 235 Å². The second-order valence-electron chi connectivity index (χ2n) is 10.3. The molecule has 5 rings (SSSR count). The Bertz CT molecular complexity index is 1390. The van der Waals surface area contributed by atoms with Crippen LogP contribution in [0, 0.1) is 15.4 Å². The Morgan fingerprint density at radius 2 is 1.79 bits per heavy atom. The van der Waals surface area contributed by atoms with E-state index in [-0.39, 0.29) is 25.5 Å². The molecule has 8 heteroatoms. The number of hydrogen-bond donors (Lipinski definition) is 4. The summed E-state index contributed by atoms with van der Waals surface area (Å²) in [6.07, 6.45) is 6.68. The average molecular weight is 629 g/mol. The first-order chi connectivity index (χ1) is 18.3. The Morgan fingerprint density at radius 1 is 1.05 bits per heavy atom. The number of fused-ring (bicyclic) bond motifs is 1. The molecule has 3 aromatic rings. The minimum absolute atomic E-state index is 0.118. The van der Waals surface area contributed by atoms with E-state index in [0.717, 1.165) is 40.2 Å². The van der Waals surface area contributed by atoms with Gasteiger partial charge in [0.2, 0.25) is 5.91 Å². The molecule has 2 aliphatic carbocycles. The SMILES string of the molecule is O=C(Cc1cc(I)c(Oc2ccc3oc(C4(O)CCCC4)cc3c2)c(C#CC2(O)CCCC2)c1)NCCO. The smallest absolute Gasteiger partial charge is 0.224 e. The van der Waals surface area contributed by atoms with Crippen LogP contribution in [-0.4, -0.2) is 40.0 Å². The summed E-state index contributed by atoms with van der Waals surface area (Å²) in [6, 6.07) is 11.1. The van der Waals surface area contributed by atoms with Crippen molar-refractivity contribution in [2.45, 2.75) is 69.0 Å². The van der Waals surface area contributed by atoms with Gasteiger partial charge in [0.15, 0.2) is 5.75 Å². The second-order valence-corrected chi connectivity index (χ2v) is 11.5. The van der Waals surface area contributed by atoms with E-state index in [9.17, 15) is 15.0 Å². The van der Waals surface area contributed by atoms with Crippen molar-refractivity contribution in [2.75, 3.05) is 13.2 Å². The molecule has 0 atom stereocenters. The van der Waals surface area contributed by atoms with Crippen molar-refractivity contribution >= 4 is 39.5 Å². The van der Waals surface area contributed by atoms with Gasteiger partial charge in [-0.15, -0.1) is 0 Å². The number of furan rings is 1. The van der Waals surface area contributed by atoms with Gasteiger partial charge in [-0.2, -0.15) is 0 Å². The number of aliphatic hydroxyl groups excluding tert-OH is 1. The van der Waals surface area contributed by atoms with Gasteiger partial charge in [0, 0.05) is 11.9 Å². The van der Waals surface area contributed by atoms with E-state index in [1.807, 2.05) is 36.4 Å². The quantitative estimate of drug-likeness (QED) is 0.219. The van der Waals surface area contributed by atoms with Gasteiger partial charge >= 0.3 is 0 Å². The molecule has 0 unspecified atom stereocenters. The summed E-state index contributed by atoms with van der Waals surface area (Å²) in [5.41, 5.74) is 0.132. The normalized spacial score (nSPS) is 17.8. The maximum absolute atomic E-state index is 12.3. The zero-order chi connectivity index (χ0) is 26.8. The third-order valence-corrected chi connectivity index (χ3v) is 8.16. The minimum atomic E-state index is -1.01. The lowest BCUT2D eigenvalue weighted by Gasteiger charge is -2.18. The molecule has 2 aliphatic rings. The fourth-order valence-corrected chi connectivity index (χ4v) is 6.10. The van der Waals surface area contributed by atoms with E-state index in [2.05, 4.69) is 39.7 Å². The summed E-state index contributed by atoms with van der Waals surface area (Å²) in [5.74, 6) is 7.75. The number of nitrogens with one attached hydrogen (secondary N) is 1. The highest BCUT2D eigenvalue weighted by molar-refractivity contribution is 14.1. The number of rotatable bonds is 7. The highest BCUT2D eigenvalue weighted by Gasteiger charge is 2.36. The molecule has 0 aliphatic heterocycles. The predicted octanol–water partition coefficient (Wildman–Crippen LogP) is 4.90. The molecule has 200 valence electrons. The van der Waals surface area contributed by atoms with Gasteiger partial charge in [-0.25, -0.2) is 0 Å². The number of carbonyl (C=O) groups excluding carboxylic acids is 1. The van der Waals surface area contributed by atoms with Crippen LogP contribution in [0.3, 0.4) is 0 Å². The second kappa shape index (κ2) is 11.3. The molecule has 4 N–H and O–H groups in total. The molecule has 1 heterocycles. The molecule has 38 heavy (non-hydrogen) atoms. The van der Waals surface area contributed by atoms with Crippen molar-refractivity contribution in [1.82, 2.24) is 5.32 Å². The molecular weight excluding hydrogens is 597 g/mol. The van der Waals surface area contributed by atoms with Crippen molar-refractivity contribution in [3.05, 3.63) is 56.9 Å². The van der Waals surface area contributed by atoms with Crippen LogP contribution in [0.25, 0.3) is 11.0 Å². The molecule has 1 aromatic heterocycles. The lowest BCUT2D eigenvalue weighted by atomic mass is 9.99. The van der Waals surface area contributed by atoms with E-state index < -0.39 is 11.2 Å². The zero-order valence-electron chi connectivity index (χ0n) is 21.2. The van der Waals surface area contributed by atoms with E-state index >= 15 is 0 Å². The summed E-state index contributed by atoms with van der Waals surface area (Å²) in [6.45, 7) is 0.0829. The fourth-order valence-electron chi connectivity index (χ4n) is 5.30. The third-order valence-electron chi connectivity index (χ3n) is 7.36. The largest absolute Gasteiger partial charge is 0.458 e. The summed E-state index contributed by atoms with van der Waals surface area (Å²) in [5, 5.41) is 34.3. The zero-order valence-corrected chi connectivity index (χ0v) is 23.3. The summed E-state index contributed by atoms with van der Waals surface area (Å²) in [7, 11) is 0. The number of halogens is 1. The molecule has 2 saturated carbocycles. The molecule has 1 amide bonds. The Morgan fingerprint density at radius 3 is 2.53 bits per heavy atom. The number of amides is 1. The first-order valence-corrected chi connectivity index (χ1v) is 14.2. The van der Waals surface area contributed by atoms with E-state index in [1.54, 1.807) is 0 Å². The lowest BCUT2D eigenvalue weighted by Crippen LogP contribution is -2.27. The predicted molar refractivity (Wildman–Crippen MR) is 152 cm³/mol. The maximum atomic E-state index is 12.3. The van der Waals surface area contributed by atoms with Gasteiger partial charge in [-0.05, 0) is 116 Å². The number of benzene rings is 2. The van der Waals surface area contributed by atoms with Crippen LogP contribution in [0.2, 0.25) is 0 Å². The Hall–Kier alpha value is -2.58. The van der Waals surface area contributed by atoms with Crippen LogP contribution >= 0.6 is 22.6 Å². The van der Waals surface area contributed by atoms with Gasteiger partial charge in [-0.3, -0.25) is 4.79 Å². The van der Waals surface area contributed by atoms with Crippen LogP contribution in [0.15, 0.2) is 40.8 Å². The van der Waals surface area contributed by atoms with Crippen LogP contribution in [0.5, 0.6) is 11.5 Å². The molecular formula is C30H32INO6. The van der Waals surface area contributed by atoms with Crippen LogP contribution in [0.4, 0.5) is 0 Å². The van der Waals surface area contributed by atoms with Gasteiger partial charge in [0.25, 0.3) is 0 Å². The molecule has 0 saturated heterocycles. The van der Waals surface area contributed by atoms with Crippen molar-refractivity contribution < 1.29 is 29.3 Å². The number of aliphatic hydroxyl groups is 3. The number of ether oxygens (including phenoxy) is 1. The van der Waals surface area contributed by atoms with Crippen molar-refractivity contribution in [1.29, 1.82) is 0 Å². The highest BCUT2D eigenvalue weighted by atomic mass is 127. The topological polar surface area (TPSA) is 112 Å². The summed E-state index contributed by atoms with van der Waals surface area (Å²) in [4.78, 5) is 12.3. The first-order valence-electron chi connectivity index (χ1n) is 13.2. The van der Waals surface area contributed by atoms with Crippen molar-refractivity contribution in [2.24, 2.45) is 0 Å². The van der Waals surface area contributed by atoms with Crippen LogP contribution in [-0.2, 0) is 16.8 Å². The van der Waals surface area contributed by atoms with E-state index in [0.29, 0.717) is 54.1 Å². The molecule has 0 spiro atoms. The van der Waals surface area contributed by atoms with Gasteiger partial charge in [0.05, 0.1) is 22.2 Å². The standard InChI is InChI=1S/C30H32INO6/c31-24-16-20(17-27(34)32-13-14-33)15-21(7-12-29(35)8-1-2-9-29)28(24)37-23-5-6-25-22(18-23)19-26(38-25)30(36)10-3-4-11-30/h5-6,15-16,18-19,33,35-36H,1-4,8-11,13-14,17H2,(H,32,34). The van der Waals surface area contributed by atoms with Crippen molar-refractivity contribution in [3.63, 3.8) is 0 Å². The molecule has 7 nitrogen and oxygen atoms in total. The molecule has 2 fully saturated rings. The van der Waals surface area contributed by atoms with Crippen LogP contribution in [0.1, 0.15) is 68.3 Å². The lowest BCUT2D eigenvalue weighted by molar-refractivity contribution is -0.120. The van der Waals surface area contributed by atoms with Crippen molar-refractivity contribution in [3.8, 4) is 23.3 Å².